The summed E-state index contributed by atoms with van der Waals surface area (Å²) in [6.07, 6.45) is 4.58. The summed E-state index contributed by atoms with van der Waals surface area (Å²) >= 11 is 0. The lowest BCUT2D eigenvalue weighted by atomic mass is 10.1. The minimum atomic E-state index is 0.838. The van der Waals surface area contributed by atoms with Gasteiger partial charge in [0.05, 0.1) is 22.8 Å². The van der Waals surface area contributed by atoms with Gasteiger partial charge >= 0.3 is 0 Å². The maximum atomic E-state index is 4.76. The highest BCUT2D eigenvalue weighted by atomic mass is 15.1. The van der Waals surface area contributed by atoms with Crippen LogP contribution in [0.2, 0.25) is 0 Å². The molecule has 0 aliphatic carbocycles. The van der Waals surface area contributed by atoms with E-state index in [0.29, 0.717) is 0 Å². The summed E-state index contributed by atoms with van der Waals surface area (Å²) in [5.41, 5.74) is 7.33. The summed E-state index contributed by atoms with van der Waals surface area (Å²) in [6.45, 7) is 13.9. The highest BCUT2D eigenvalue weighted by Gasteiger charge is 2.10. The standard InChI is InChI=1S/C34H50N8/c1-7-31-23-35-15-3-19-41(20-4-16-36-24-32(8-1)39-31)27-29-11-13-30(14-12-29)28-42-21-5-17-37-25-33-9-2-10-34(40-33)26-38-18-6-22-42/h1-2,7-14,35-38H,3-6,15-28H2. The Balaban J connectivity index is 1.09. The van der Waals surface area contributed by atoms with E-state index in [0.717, 1.165) is 140 Å². The van der Waals surface area contributed by atoms with Gasteiger partial charge in [0.2, 0.25) is 0 Å². The first-order valence-electron chi connectivity index (χ1n) is 16.1. The van der Waals surface area contributed by atoms with Gasteiger partial charge in [-0.25, -0.2) is 0 Å². The summed E-state index contributed by atoms with van der Waals surface area (Å²) in [5, 5.41) is 14.3. The van der Waals surface area contributed by atoms with E-state index in [1.54, 1.807) is 0 Å². The molecule has 0 unspecified atom stereocenters. The van der Waals surface area contributed by atoms with Crippen molar-refractivity contribution in [2.75, 3.05) is 52.4 Å². The molecule has 4 heterocycles. The predicted octanol–water partition coefficient (Wildman–Crippen LogP) is 3.43. The molecule has 2 aromatic heterocycles. The van der Waals surface area contributed by atoms with Gasteiger partial charge < -0.3 is 21.3 Å². The Bertz CT molecular complexity index is 1030. The lowest BCUT2D eigenvalue weighted by Crippen LogP contribution is -2.31. The van der Waals surface area contributed by atoms with Crippen molar-refractivity contribution in [2.24, 2.45) is 0 Å². The van der Waals surface area contributed by atoms with E-state index >= 15 is 0 Å². The van der Waals surface area contributed by atoms with Gasteiger partial charge in [0.1, 0.15) is 0 Å². The number of aromatic nitrogens is 2. The van der Waals surface area contributed by atoms with Gasteiger partial charge in [0.25, 0.3) is 0 Å². The maximum Gasteiger partial charge on any atom is 0.0545 e. The van der Waals surface area contributed by atoms with Crippen LogP contribution in [-0.2, 0) is 39.3 Å². The third-order valence-corrected chi connectivity index (χ3v) is 8.10. The highest BCUT2D eigenvalue weighted by Crippen LogP contribution is 2.12. The molecule has 2 aliphatic rings. The molecular formula is C34H50N8. The van der Waals surface area contributed by atoms with Gasteiger partial charge in [0, 0.05) is 39.3 Å². The molecule has 0 amide bonds. The van der Waals surface area contributed by atoms with Crippen LogP contribution < -0.4 is 21.3 Å². The van der Waals surface area contributed by atoms with Crippen LogP contribution in [-0.4, -0.2) is 72.1 Å². The number of pyridine rings is 2. The van der Waals surface area contributed by atoms with E-state index in [4.69, 9.17) is 9.97 Å². The smallest absolute Gasteiger partial charge is 0.0545 e. The average molecular weight is 571 g/mol. The second kappa shape index (κ2) is 17.4. The van der Waals surface area contributed by atoms with Crippen molar-refractivity contribution in [3.05, 3.63) is 94.6 Å². The number of nitrogens with one attached hydrogen (secondary N) is 4. The van der Waals surface area contributed by atoms with E-state index in [9.17, 15) is 0 Å². The topological polar surface area (TPSA) is 80.4 Å². The molecule has 8 heteroatoms. The molecule has 3 aromatic rings. The second-order valence-corrected chi connectivity index (χ2v) is 11.7. The quantitative estimate of drug-likeness (QED) is 0.380. The minimum Gasteiger partial charge on any atom is -0.311 e. The molecule has 0 fully saturated rings. The molecule has 0 saturated carbocycles. The Morgan fingerprint density at radius 2 is 0.762 bits per heavy atom. The van der Waals surface area contributed by atoms with Crippen molar-refractivity contribution in [2.45, 2.75) is 65.0 Å². The Labute approximate surface area is 252 Å². The van der Waals surface area contributed by atoms with Crippen molar-refractivity contribution in [3.63, 3.8) is 0 Å². The normalized spacial score (nSPS) is 19.4. The largest absolute Gasteiger partial charge is 0.311 e. The lowest BCUT2D eigenvalue weighted by Gasteiger charge is -2.24. The van der Waals surface area contributed by atoms with Crippen LogP contribution in [0, 0.1) is 0 Å². The van der Waals surface area contributed by atoms with Gasteiger partial charge in [-0.15, -0.1) is 0 Å². The molecule has 0 spiro atoms. The fourth-order valence-corrected chi connectivity index (χ4v) is 5.84. The summed E-state index contributed by atoms with van der Waals surface area (Å²) in [5.74, 6) is 0. The van der Waals surface area contributed by atoms with Crippen LogP contribution in [0.25, 0.3) is 0 Å². The Morgan fingerprint density at radius 3 is 1.07 bits per heavy atom. The van der Waals surface area contributed by atoms with E-state index < -0.39 is 0 Å². The maximum absolute atomic E-state index is 4.76. The molecule has 0 atom stereocenters. The van der Waals surface area contributed by atoms with Crippen LogP contribution in [0.1, 0.15) is 59.6 Å². The molecule has 4 bridgehead atoms. The van der Waals surface area contributed by atoms with Gasteiger partial charge in [-0.05, 0) is 113 Å². The average Bonchev–Trinajstić information content (AvgIpc) is 3.00. The van der Waals surface area contributed by atoms with Crippen molar-refractivity contribution in [3.8, 4) is 0 Å². The molecule has 0 radical (unpaired) electrons. The monoisotopic (exact) mass is 570 g/mol. The molecule has 42 heavy (non-hydrogen) atoms. The van der Waals surface area contributed by atoms with Crippen LogP contribution in [0.5, 0.6) is 0 Å². The van der Waals surface area contributed by atoms with E-state index in [1.807, 2.05) is 0 Å². The molecule has 4 N–H and O–H groups in total. The zero-order valence-electron chi connectivity index (χ0n) is 25.3. The fraction of sp³-hybridized carbons (Fsp3) is 0.529. The van der Waals surface area contributed by atoms with Crippen molar-refractivity contribution in [1.29, 1.82) is 0 Å². The first kappa shape index (κ1) is 30.7. The Morgan fingerprint density at radius 1 is 0.452 bits per heavy atom. The summed E-state index contributed by atoms with van der Waals surface area (Å²) in [6, 6.07) is 22.1. The van der Waals surface area contributed by atoms with Crippen molar-refractivity contribution in [1.82, 2.24) is 41.0 Å². The predicted molar refractivity (Wildman–Crippen MR) is 171 cm³/mol. The third-order valence-electron chi connectivity index (χ3n) is 8.10. The summed E-state index contributed by atoms with van der Waals surface area (Å²) in [7, 11) is 0. The first-order valence-corrected chi connectivity index (χ1v) is 16.1. The van der Waals surface area contributed by atoms with E-state index in [2.05, 4.69) is 91.7 Å². The highest BCUT2D eigenvalue weighted by molar-refractivity contribution is 5.22. The lowest BCUT2D eigenvalue weighted by molar-refractivity contribution is 0.254. The van der Waals surface area contributed by atoms with Gasteiger partial charge in [-0.2, -0.15) is 0 Å². The molecule has 226 valence electrons. The fourth-order valence-electron chi connectivity index (χ4n) is 5.84. The second-order valence-electron chi connectivity index (χ2n) is 11.7. The number of hydrogen-bond donors (Lipinski definition) is 4. The first-order chi connectivity index (χ1) is 20.8. The molecular weight excluding hydrogens is 520 g/mol. The molecule has 1 aromatic carbocycles. The van der Waals surface area contributed by atoms with Crippen LogP contribution >= 0.6 is 0 Å². The number of fused-ring (bicyclic) bond motifs is 4. The molecule has 0 saturated heterocycles. The van der Waals surface area contributed by atoms with E-state index in [1.165, 1.54) is 11.1 Å². The van der Waals surface area contributed by atoms with Gasteiger partial charge in [-0.1, -0.05) is 36.4 Å². The van der Waals surface area contributed by atoms with Gasteiger partial charge in [-0.3, -0.25) is 19.8 Å². The van der Waals surface area contributed by atoms with Crippen LogP contribution in [0.4, 0.5) is 0 Å². The Hall–Kier alpha value is -2.72. The van der Waals surface area contributed by atoms with Crippen LogP contribution in [0.15, 0.2) is 60.7 Å². The van der Waals surface area contributed by atoms with Gasteiger partial charge in [0.15, 0.2) is 0 Å². The number of hydrogen-bond acceptors (Lipinski definition) is 8. The zero-order valence-corrected chi connectivity index (χ0v) is 25.3. The number of rotatable bonds is 4. The van der Waals surface area contributed by atoms with E-state index in [-0.39, 0.29) is 0 Å². The minimum absolute atomic E-state index is 0.838. The Kier molecular flexibility index (Phi) is 12.7. The van der Waals surface area contributed by atoms with Crippen LogP contribution in [0.3, 0.4) is 0 Å². The zero-order chi connectivity index (χ0) is 28.7. The third kappa shape index (κ3) is 10.8. The van der Waals surface area contributed by atoms with Crippen molar-refractivity contribution >= 4 is 0 Å². The molecule has 8 nitrogen and oxygen atoms in total. The summed E-state index contributed by atoms with van der Waals surface area (Å²) in [4.78, 5) is 14.8. The summed E-state index contributed by atoms with van der Waals surface area (Å²) < 4.78 is 0. The molecule has 2 aliphatic heterocycles. The van der Waals surface area contributed by atoms with Crippen molar-refractivity contribution < 1.29 is 0 Å². The number of nitrogens with zero attached hydrogens (tertiary/aromatic N) is 4. The SMILES string of the molecule is c1cc2nc(c1)CNCCCN(Cc1ccc(CN3CCCNCc4cccc(n4)CNCCC3)cc1)CCCNC2. The number of benzene rings is 1. The molecule has 5 rings (SSSR count).